The first kappa shape index (κ1) is 16.3. The second-order valence-electron chi connectivity index (χ2n) is 4.72. The zero-order valence-electron chi connectivity index (χ0n) is 11.6. The van der Waals surface area contributed by atoms with Crippen molar-refractivity contribution in [3.63, 3.8) is 0 Å². The van der Waals surface area contributed by atoms with E-state index in [1.54, 1.807) is 24.3 Å². The van der Waals surface area contributed by atoms with Crippen LogP contribution in [0.3, 0.4) is 0 Å². The Bertz CT molecular complexity index is 887. The summed E-state index contributed by atoms with van der Waals surface area (Å²) < 4.78 is 0. The maximum atomic E-state index is 12.5. The molecule has 3 aromatic carbocycles. The van der Waals surface area contributed by atoms with Crippen molar-refractivity contribution in [2.75, 3.05) is 0 Å². The fourth-order valence-corrected chi connectivity index (χ4v) is 2.41. The second-order valence-corrected chi connectivity index (χ2v) is 4.72. The molecule has 3 nitrogen and oxygen atoms in total. The van der Waals surface area contributed by atoms with Gasteiger partial charge in [-0.15, -0.1) is 0 Å². The van der Waals surface area contributed by atoms with Gasteiger partial charge in [0.1, 0.15) is 0 Å². The number of hydrogen-bond donors (Lipinski definition) is 0. The molecule has 0 saturated heterocycles. The van der Waals surface area contributed by atoms with Crippen LogP contribution >= 0.6 is 0 Å². The molecule has 3 aromatic rings. The van der Waals surface area contributed by atoms with Crippen LogP contribution in [0.25, 0.3) is 21.5 Å². The number of carbonyl (C=O) groups is 1. The van der Waals surface area contributed by atoms with Crippen LogP contribution in [0, 0.1) is 0 Å². The molecule has 0 atom stereocenters. The number of hydrogen-bond acceptors (Lipinski definition) is 3. The predicted molar refractivity (Wildman–Crippen MR) is 76.4 cm³/mol. The molecule has 0 aliphatic heterocycles. The van der Waals surface area contributed by atoms with Gasteiger partial charge < -0.3 is 9.90 Å². The zero-order valence-corrected chi connectivity index (χ0v) is 14.8. The SMILES string of the molecule is O=C([O-])Cc1ccc2c(=O)c3ccccc3ccc2c1.[K+]. The summed E-state index contributed by atoms with van der Waals surface area (Å²) in [4.78, 5) is 23.1. The third-order valence-electron chi connectivity index (χ3n) is 3.36. The summed E-state index contributed by atoms with van der Waals surface area (Å²) in [5.41, 5.74) is 0.591. The van der Waals surface area contributed by atoms with Crippen molar-refractivity contribution < 1.29 is 61.3 Å². The third kappa shape index (κ3) is 3.41. The number of rotatable bonds is 2. The normalized spacial score (nSPS) is 10.3. The topological polar surface area (TPSA) is 57.2 Å². The fraction of sp³-hybridized carbons (Fsp3) is 0.0588. The maximum Gasteiger partial charge on any atom is 1.00 e. The molecule has 0 amide bonds. The van der Waals surface area contributed by atoms with Gasteiger partial charge in [-0.25, -0.2) is 0 Å². The molecule has 0 N–H and O–H groups in total. The first-order valence-electron chi connectivity index (χ1n) is 6.30. The molecule has 0 bridgehead atoms. The van der Waals surface area contributed by atoms with Crippen LogP contribution in [0.5, 0.6) is 0 Å². The Balaban J connectivity index is 0.00000161. The Morgan fingerprint density at radius 3 is 2.33 bits per heavy atom. The molecular weight excluding hydrogens is 291 g/mol. The van der Waals surface area contributed by atoms with Crippen LogP contribution in [-0.4, -0.2) is 5.97 Å². The zero-order chi connectivity index (χ0) is 14.1. The molecule has 21 heavy (non-hydrogen) atoms. The summed E-state index contributed by atoms with van der Waals surface area (Å²) in [7, 11) is 0. The first-order valence-corrected chi connectivity index (χ1v) is 6.30. The summed E-state index contributed by atoms with van der Waals surface area (Å²) in [5.74, 6) is -1.13. The van der Waals surface area contributed by atoms with E-state index in [4.69, 9.17) is 0 Å². The summed E-state index contributed by atoms with van der Waals surface area (Å²) in [6.45, 7) is 0. The van der Waals surface area contributed by atoms with Gasteiger partial charge in [-0.1, -0.05) is 54.6 Å². The van der Waals surface area contributed by atoms with Crippen LogP contribution in [0.2, 0.25) is 0 Å². The summed E-state index contributed by atoms with van der Waals surface area (Å²) >= 11 is 0. The van der Waals surface area contributed by atoms with Crippen LogP contribution in [0.15, 0.2) is 59.4 Å². The number of fused-ring (bicyclic) bond motifs is 2. The van der Waals surface area contributed by atoms with Gasteiger partial charge in [0.2, 0.25) is 0 Å². The molecule has 0 aromatic heterocycles. The van der Waals surface area contributed by atoms with Crippen LogP contribution in [0.1, 0.15) is 5.56 Å². The van der Waals surface area contributed by atoms with Crippen LogP contribution in [0.4, 0.5) is 0 Å². The molecule has 0 spiro atoms. The van der Waals surface area contributed by atoms with E-state index >= 15 is 0 Å². The molecule has 0 fully saturated rings. The van der Waals surface area contributed by atoms with Gasteiger partial charge in [-0.3, -0.25) is 4.79 Å². The Morgan fingerprint density at radius 2 is 1.57 bits per heavy atom. The second kappa shape index (κ2) is 6.81. The smallest absolute Gasteiger partial charge is 0.550 e. The molecular formula is C17H11KO3. The van der Waals surface area contributed by atoms with Crippen LogP contribution in [-0.2, 0) is 11.2 Å². The molecule has 98 valence electrons. The molecule has 4 heteroatoms. The van der Waals surface area contributed by atoms with Crippen molar-refractivity contribution in [1.82, 2.24) is 0 Å². The van der Waals surface area contributed by atoms with Gasteiger partial charge in [0, 0.05) is 23.2 Å². The number of aliphatic carboxylic acids is 1. The number of carboxylic acid groups (broad SMARTS) is 1. The van der Waals surface area contributed by atoms with Gasteiger partial charge in [-0.05, 0) is 16.3 Å². The molecule has 0 unspecified atom stereocenters. The third-order valence-corrected chi connectivity index (χ3v) is 3.36. The van der Waals surface area contributed by atoms with E-state index in [9.17, 15) is 14.7 Å². The van der Waals surface area contributed by atoms with Gasteiger partial charge in [-0.2, -0.15) is 0 Å². The molecule has 0 saturated carbocycles. The van der Waals surface area contributed by atoms with Crippen molar-refractivity contribution in [2.24, 2.45) is 0 Å². The number of benzene rings is 2. The van der Waals surface area contributed by atoms with E-state index in [1.807, 2.05) is 30.3 Å². The average molecular weight is 302 g/mol. The molecule has 0 radical (unpaired) electrons. The Labute approximate surface area is 164 Å². The molecule has 0 aliphatic rings. The maximum absolute atomic E-state index is 12.5. The Morgan fingerprint density at radius 1 is 0.905 bits per heavy atom. The largest absolute Gasteiger partial charge is 1.00 e. The predicted octanol–water partition coefficient (Wildman–Crippen LogP) is -1.35. The van der Waals surface area contributed by atoms with Crippen molar-refractivity contribution in [2.45, 2.75) is 6.42 Å². The Kier molecular flexibility index (Phi) is 5.30. The van der Waals surface area contributed by atoms with Crippen molar-refractivity contribution >= 4 is 27.5 Å². The van der Waals surface area contributed by atoms with E-state index in [-0.39, 0.29) is 63.2 Å². The van der Waals surface area contributed by atoms with Gasteiger partial charge in [0.05, 0.1) is 0 Å². The van der Waals surface area contributed by atoms with Crippen molar-refractivity contribution in [3.8, 4) is 0 Å². The van der Waals surface area contributed by atoms with E-state index < -0.39 is 5.97 Å². The van der Waals surface area contributed by atoms with E-state index in [1.165, 1.54) is 0 Å². The summed E-state index contributed by atoms with van der Waals surface area (Å²) in [5, 5.41) is 13.5. The van der Waals surface area contributed by atoms with Crippen molar-refractivity contribution in [3.05, 3.63) is 70.4 Å². The molecule has 0 aliphatic carbocycles. The monoisotopic (exact) mass is 302 g/mol. The van der Waals surface area contributed by atoms with E-state index in [2.05, 4.69) is 0 Å². The van der Waals surface area contributed by atoms with Gasteiger partial charge in [0.15, 0.2) is 5.43 Å². The first-order chi connectivity index (χ1) is 9.65. The minimum atomic E-state index is -1.13. The average Bonchev–Trinajstić information content (AvgIpc) is 2.57. The number of carbonyl (C=O) groups excluding carboxylic acids is 1. The standard InChI is InChI=1S/C17H12O3.K/c18-16(19)10-11-5-8-15-13(9-11)7-6-12-3-1-2-4-14(12)17(15)20;/h1-9H,10H2,(H,18,19);/q;+1/p-1. The summed E-state index contributed by atoms with van der Waals surface area (Å²) in [6, 6.07) is 16.2. The van der Waals surface area contributed by atoms with Gasteiger partial charge in [0.25, 0.3) is 0 Å². The Hall–Kier alpha value is -1.04. The van der Waals surface area contributed by atoms with Crippen molar-refractivity contribution in [1.29, 1.82) is 0 Å². The van der Waals surface area contributed by atoms with Gasteiger partial charge >= 0.3 is 51.4 Å². The van der Waals surface area contributed by atoms with E-state index in [0.29, 0.717) is 16.3 Å². The minimum Gasteiger partial charge on any atom is -0.550 e. The summed E-state index contributed by atoms with van der Waals surface area (Å²) in [6.07, 6.45) is -0.151. The van der Waals surface area contributed by atoms with Crippen LogP contribution < -0.4 is 61.9 Å². The minimum absolute atomic E-state index is 0. The quantitative estimate of drug-likeness (QED) is 0.550. The molecule has 3 rings (SSSR count). The fourth-order valence-electron chi connectivity index (χ4n) is 2.41. The van der Waals surface area contributed by atoms with E-state index in [0.717, 1.165) is 10.8 Å². The molecule has 0 heterocycles. The number of carboxylic acids is 1.